The third-order valence-electron chi connectivity index (χ3n) is 6.96. The van der Waals surface area contributed by atoms with Gasteiger partial charge in [-0.3, -0.25) is 9.69 Å². The van der Waals surface area contributed by atoms with Crippen molar-refractivity contribution in [1.82, 2.24) is 10.2 Å². The summed E-state index contributed by atoms with van der Waals surface area (Å²) in [7, 11) is 0. The van der Waals surface area contributed by atoms with Crippen LogP contribution in [0.4, 0.5) is 0 Å². The van der Waals surface area contributed by atoms with Crippen molar-refractivity contribution in [2.45, 2.75) is 64.5 Å². The van der Waals surface area contributed by atoms with Gasteiger partial charge in [-0.15, -0.1) is 0 Å². The Morgan fingerprint density at radius 2 is 1.84 bits per heavy atom. The van der Waals surface area contributed by atoms with Crippen molar-refractivity contribution in [2.24, 2.45) is 5.92 Å². The summed E-state index contributed by atoms with van der Waals surface area (Å²) in [4.78, 5) is 15.4. The number of benzene rings is 2. The zero-order valence-electron chi connectivity index (χ0n) is 19.7. The van der Waals surface area contributed by atoms with E-state index in [0.29, 0.717) is 10.9 Å². The molecule has 1 fully saturated rings. The van der Waals surface area contributed by atoms with E-state index in [2.05, 4.69) is 42.3 Å². The fourth-order valence-electron chi connectivity index (χ4n) is 4.85. The van der Waals surface area contributed by atoms with Crippen LogP contribution in [-0.4, -0.2) is 36.0 Å². The molecule has 1 N–H and O–H groups in total. The van der Waals surface area contributed by atoms with Gasteiger partial charge >= 0.3 is 0 Å². The van der Waals surface area contributed by atoms with Crippen LogP contribution in [0.3, 0.4) is 0 Å². The van der Waals surface area contributed by atoms with Crippen molar-refractivity contribution in [3.05, 3.63) is 64.2 Å². The van der Waals surface area contributed by atoms with Gasteiger partial charge in [-0.25, -0.2) is 0 Å². The van der Waals surface area contributed by atoms with E-state index >= 15 is 0 Å². The van der Waals surface area contributed by atoms with E-state index in [4.69, 9.17) is 16.3 Å². The van der Waals surface area contributed by atoms with Crippen molar-refractivity contribution in [2.75, 3.05) is 19.6 Å². The number of fused-ring (bicyclic) bond motifs is 1. The van der Waals surface area contributed by atoms with E-state index in [1.165, 1.54) is 11.1 Å². The number of rotatable bonds is 6. The van der Waals surface area contributed by atoms with E-state index in [1.807, 2.05) is 38.1 Å². The average molecular weight is 455 g/mol. The SMILES string of the molecule is CC1(C)Cc2cccc(CN3CCC(CNC(=O)C(C)(C)c4ccc(Cl)cc4)CC3)c2O1. The molecule has 0 aliphatic carbocycles. The fourth-order valence-corrected chi connectivity index (χ4v) is 4.98. The number of likely N-dealkylation sites (tertiary alicyclic amines) is 1. The molecule has 2 aromatic rings. The van der Waals surface area contributed by atoms with E-state index < -0.39 is 5.41 Å². The number of nitrogens with zero attached hydrogens (tertiary/aromatic N) is 1. The molecule has 5 heteroatoms. The molecule has 0 spiro atoms. The van der Waals surface area contributed by atoms with Crippen molar-refractivity contribution < 1.29 is 9.53 Å². The maximum Gasteiger partial charge on any atom is 0.230 e. The standard InChI is InChI=1S/C27H35ClN2O2/c1-26(2)16-20-6-5-7-21(24(20)32-26)18-30-14-12-19(13-15-30)17-29-25(31)27(3,4)22-8-10-23(28)11-9-22/h5-11,19H,12-18H2,1-4H3,(H,29,31). The maximum absolute atomic E-state index is 12.9. The molecule has 32 heavy (non-hydrogen) atoms. The van der Waals surface area contributed by atoms with Gasteiger partial charge in [0.2, 0.25) is 5.91 Å². The van der Waals surface area contributed by atoms with Crippen molar-refractivity contribution in [3.8, 4) is 5.75 Å². The molecular weight excluding hydrogens is 420 g/mol. The second-order valence-electron chi connectivity index (χ2n) is 10.5. The highest BCUT2D eigenvalue weighted by Gasteiger charge is 2.33. The van der Waals surface area contributed by atoms with Gasteiger partial charge < -0.3 is 10.1 Å². The van der Waals surface area contributed by atoms with Gasteiger partial charge in [0.15, 0.2) is 0 Å². The normalized spacial score (nSPS) is 18.8. The van der Waals surface area contributed by atoms with Gasteiger partial charge in [-0.1, -0.05) is 41.9 Å². The fraction of sp³-hybridized carbons (Fsp3) is 0.519. The highest BCUT2D eigenvalue weighted by atomic mass is 35.5. The molecule has 0 radical (unpaired) electrons. The number of carbonyl (C=O) groups is 1. The quantitative estimate of drug-likeness (QED) is 0.638. The second-order valence-corrected chi connectivity index (χ2v) is 10.9. The van der Waals surface area contributed by atoms with E-state index in [9.17, 15) is 4.79 Å². The lowest BCUT2D eigenvalue weighted by molar-refractivity contribution is -0.125. The topological polar surface area (TPSA) is 41.6 Å². The number of hydrogen-bond donors (Lipinski definition) is 1. The highest BCUT2D eigenvalue weighted by molar-refractivity contribution is 6.30. The Balaban J connectivity index is 1.27. The van der Waals surface area contributed by atoms with Crippen LogP contribution in [0, 0.1) is 5.92 Å². The molecule has 0 unspecified atom stereocenters. The number of nitrogens with one attached hydrogen (secondary N) is 1. The Hall–Kier alpha value is -2.04. The molecule has 172 valence electrons. The van der Waals surface area contributed by atoms with E-state index in [0.717, 1.165) is 56.8 Å². The first-order valence-electron chi connectivity index (χ1n) is 11.7. The van der Waals surface area contributed by atoms with Gasteiger partial charge in [0.1, 0.15) is 11.4 Å². The molecule has 1 saturated heterocycles. The minimum absolute atomic E-state index is 0.0712. The summed E-state index contributed by atoms with van der Waals surface area (Å²) in [5.74, 6) is 1.69. The number of amides is 1. The monoisotopic (exact) mass is 454 g/mol. The van der Waals surface area contributed by atoms with Gasteiger partial charge in [0.25, 0.3) is 0 Å². The van der Waals surface area contributed by atoms with Crippen LogP contribution in [-0.2, 0) is 23.2 Å². The number of halogens is 1. The zero-order valence-corrected chi connectivity index (χ0v) is 20.5. The van der Waals surface area contributed by atoms with Crippen LogP contribution in [0.1, 0.15) is 57.2 Å². The first-order valence-corrected chi connectivity index (χ1v) is 12.1. The van der Waals surface area contributed by atoms with Crippen LogP contribution in [0.5, 0.6) is 5.75 Å². The maximum atomic E-state index is 12.9. The molecule has 0 aromatic heterocycles. The summed E-state index contributed by atoms with van der Waals surface area (Å²) >= 11 is 6.00. The summed E-state index contributed by atoms with van der Waals surface area (Å²) in [5.41, 5.74) is 2.92. The number of hydrogen-bond acceptors (Lipinski definition) is 3. The van der Waals surface area contributed by atoms with Crippen LogP contribution < -0.4 is 10.1 Å². The molecule has 1 amide bonds. The minimum atomic E-state index is -0.577. The first kappa shape index (κ1) is 23.1. The molecule has 0 atom stereocenters. The van der Waals surface area contributed by atoms with E-state index in [-0.39, 0.29) is 11.5 Å². The smallest absolute Gasteiger partial charge is 0.230 e. The molecule has 2 heterocycles. The zero-order chi connectivity index (χ0) is 22.9. The van der Waals surface area contributed by atoms with Crippen LogP contribution in [0.2, 0.25) is 5.02 Å². The van der Waals surface area contributed by atoms with Gasteiger partial charge in [0, 0.05) is 30.1 Å². The van der Waals surface area contributed by atoms with Crippen molar-refractivity contribution >= 4 is 17.5 Å². The molecule has 0 saturated carbocycles. The van der Waals surface area contributed by atoms with Crippen LogP contribution in [0.15, 0.2) is 42.5 Å². The third-order valence-corrected chi connectivity index (χ3v) is 7.21. The number of ether oxygens (including phenoxy) is 1. The van der Waals surface area contributed by atoms with Gasteiger partial charge in [-0.2, -0.15) is 0 Å². The second kappa shape index (κ2) is 9.07. The van der Waals surface area contributed by atoms with Gasteiger partial charge in [0.05, 0.1) is 5.41 Å². The molecule has 2 aliphatic heterocycles. The molecule has 4 nitrogen and oxygen atoms in total. The highest BCUT2D eigenvalue weighted by Crippen LogP contribution is 2.38. The lowest BCUT2D eigenvalue weighted by atomic mass is 9.83. The number of para-hydroxylation sites is 1. The Labute approximate surface area is 197 Å². The lowest BCUT2D eigenvalue weighted by Crippen LogP contribution is -2.44. The summed E-state index contributed by atoms with van der Waals surface area (Å²) in [6.07, 6.45) is 3.18. The Kier molecular flexibility index (Phi) is 6.56. The summed E-state index contributed by atoms with van der Waals surface area (Å²) in [5, 5.41) is 3.89. The Bertz CT molecular complexity index is 960. The lowest BCUT2D eigenvalue weighted by Gasteiger charge is -2.33. The molecular formula is C27H35ClN2O2. The van der Waals surface area contributed by atoms with Crippen molar-refractivity contribution in [3.63, 3.8) is 0 Å². The first-order chi connectivity index (χ1) is 15.1. The number of carbonyl (C=O) groups excluding carboxylic acids is 1. The predicted molar refractivity (Wildman–Crippen MR) is 130 cm³/mol. The summed E-state index contributed by atoms with van der Waals surface area (Å²) in [6, 6.07) is 14.1. The molecule has 0 bridgehead atoms. The molecule has 4 rings (SSSR count). The van der Waals surface area contributed by atoms with Crippen LogP contribution in [0.25, 0.3) is 0 Å². The third kappa shape index (κ3) is 5.13. The van der Waals surface area contributed by atoms with Gasteiger partial charge in [-0.05, 0) is 82.8 Å². The Morgan fingerprint density at radius 3 is 2.53 bits per heavy atom. The summed E-state index contributed by atoms with van der Waals surface area (Å²) < 4.78 is 6.25. The summed E-state index contributed by atoms with van der Waals surface area (Å²) in [6.45, 7) is 12.0. The largest absolute Gasteiger partial charge is 0.487 e. The Morgan fingerprint density at radius 1 is 1.16 bits per heavy atom. The predicted octanol–water partition coefficient (Wildman–Crippen LogP) is 5.36. The van der Waals surface area contributed by atoms with Crippen molar-refractivity contribution in [1.29, 1.82) is 0 Å². The van der Waals surface area contributed by atoms with Crippen LogP contribution >= 0.6 is 11.6 Å². The molecule has 2 aliphatic rings. The number of piperidine rings is 1. The average Bonchev–Trinajstić information content (AvgIpc) is 3.08. The minimum Gasteiger partial charge on any atom is -0.487 e. The molecule has 2 aromatic carbocycles. The van der Waals surface area contributed by atoms with E-state index in [1.54, 1.807) is 0 Å².